The molecule has 0 N–H and O–H groups in total. The number of ketones is 1. The molecule has 0 unspecified atom stereocenters. The van der Waals surface area contributed by atoms with Crippen molar-refractivity contribution >= 4 is 15.6 Å². The summed E-state index contributed by atoms with van der Waals surface area (Å²) < 4.78 is 28.2. The van der Waals surface area contributed by atoms with Gasteiger partial charge in [-0.25, -0.2) is 8.42 Å². The van der Waals surface area contributed by atoms with Gasteiger partial charge in [0, 0.05) is 12.7 Å². The fourth-order valence-electron chi connectivity index (χ4n) is 1.82. The van der Waals surface area contributed by atoms with E-state index in [1.165, 1.54) is 7.11 Å². The first kappa shape index (κ1) is 15.9. The van der Waals surface area contributed by atoms with E-state index in [-0.39, 0.29) is 18.1 Å². The Kier molecular flexibility index (Phi) is 5.26. The van der Waals surface area contributed by atoms with Crippen molar-refractivity contribution in [3.63, 3.8) is 0 Å². The van der Waals surface area contributed by atoms with E-state index < -0.39 is 15.6 Å². The van der Waals surface area contributed by atoms with E-state index in [1.807, 2.05) is 26.8 Å². The summed E-state index contributed by atoms with van der Waals surface area (Å²) >= 11 is 0. The molecule has 0 amide bonds. The van der Waals surface area contributed by atoms with E-state index in [4.69, 9.17) is 4.74 Å². The number of benzene rings is 1. The first-order chi connectivity index (χ1) is 8.76. The molecule has 0 aliphatic carbocycles. The van der Waals surface area contributed by atoms with Crippen molar-refractivity contribution in [2.24, 2.45) is 0 Å². The van der Waals surface area contributed by atoms with Crippen molar-refractivity contribution in [2.45, 2.75) is 20.8 Å². The Morgan fingerprint density at radius 2 is 1.68 bits per heavy atom. The lowest BCUT2D eigenvalue weighted by molar-refractivity contribution is 0.102. The Labute approximate surface area is 114 Å². The average molecular weight is 284 g/mol. The monoisotopic (exact) mass is 284 g/mol. The summed E-state index contributed by atoms with van der Waals surface area (Å²) in [5.74, 6) is -0.935. The summed E-state index contributed by atoms with van der Waals surface area (Å²) in [4.78, 5) is 12.1. The molecule has 0 bridgehead atoms. The van der Waals surface area contributed by atoms with Gasteiger partial charge in [0.2, 0.25) is 0 Å². The Morgan fingerprint density at radius 1 is 1.11 bits per heavy atom. The summed E-state index contributed by atoms with van der Waals surface area (Å²) in [5, 5.41) is 0. The standard InChI is InChI=1S/C14H20O4S/c1-10-7-12(3)13(8-11(10)2)14(15)9-19(16,17)6-5-18-4/h7-8H,5-6,9H2,1-4H3. The molecule has 0 aliphatic rings. The van der Waals surface area contributed by atoms with Crippen molar-refractivity contribution in [3.05, 3.63) is 34.4 Å². The normalized spacial score (nSPS) is 11.6. The van der Waals surface area contributed by atoms with Crippen LogP contribution in [0, 0.1) is 20.8 Å². The minimum Gasteiger partial charge on any atom is -0.384 e. The predicted molar refractivity (Wildman–Crippen MR) is 75.5 cm³/mol. The molecule has 0 fully saturated rings. The van der Waals surface area contributed by atoms with Crippen molar-refractivity contribution in [1.82, 2.24) is 0 Å². The topological polar surface area (TPSA) is 60.4 Å². The van der Waals surface area contributed by atoms with Crippen LogP contribution < -0.4 is 0 Å². The zero-order valence-electron chi connectivity index (χ0n) is 11.8. The quantitative estimate of drug-likeness (QED) is 0.748. The molecule has 0 aromatic heterocycles. The van der Waals surface area contributed by atoms with Crippen LogP contribution in [0.2, 0.25) is 0 Å². The van der Waals surface area contributed by atoms with Gasteiger partial charge in [0.1, 0.15) is 5.75 Å². The molecule has 5 heteroatoms. The molecular weight excluding hydrogens is 264 g/mol. The lowest BCUT2D eigenvalue weighted by Crippen LogP contribution is -2.22. The predicted octanol–water partition coefficient (Wildman–Crippen LogP) is 1.86. The number of carbonyl (C=O) groups excluding carboxylic acids is 1. The third-order valence-electron chi connectivity index (χ3n) is 3.09. The van der Waals surface area contributed by atoms with Crippen LogP contribution in [-0.2, 0) is 14.6 Å². The van der Waals surface area contributed by atoms with Crippen LogP contribution in [0.4, 0.5) is 0 Å². The first-order valence-electron chi connectivity index (χ1n) is 6.07. The zero-order chi connectivity index (χ0) is 14.6. The van der Waals surface area contributed by atoms with Crippen molar-refractivity contribution in [1.29, 1.82) is 0 Å². The molecule has 0 radical (unpaired) electrons. The van der Waals surface area contributed by atoms with E-state index >= 15 is 0 Å². The van der Waals surface area contributed by atoms with E-state index in [0.717, 1.165) is 16.7 Å². The number of hydrogen-bond donors (Lipinski definition) is 0. The van der Waals surface area contributed by atoms with E-state index in [9.17, 15) is 13.2 Å². The van der Waals surface area contributed by atoms with Crippen molar-refractivity contribution in [2.75, 3.05) is 25.2 Å². The summed E-state index contributed by atoms with van der Waals surface area (Å²) in [5.41, 5.74) is 3.39. The molecule has 0 saturated carbocycles. The molecule has 0 aliphatic heterocycles. The number of sulfone groups is 1. The highest BCUT2D eigenvalue weighted by Crippen LogP contribution is 2.16. The Hall–Kier alpha value is -1.20. The van der Waals surface area contributed by atoms with Crippen LogP contribution in [0.3, 0.4) is 0 Å². The van der Waals surface area contributed by atoms with Gasteiger partial charge in [0.25, 0.3) is 0 Å². The van der Waals surface area contributed by atoms with Crippen LogP contribution >= 0.6 is 0 Å². The van der Waals surface area contributed by atoms with Crippen molar-refractivity contribution < 1.29 is 17.9 Å². The molecule has 1 aromatic rings. The molecule has 19 heavy (non-hydrogen) atoms. The molecule has 0 spiro atoms. The molecule has 1 aromatic carbocycles. The Balaban J connectivity index is 2.93. The van der Waals surface area contributed by atoms with Crippen LogP contribution in [0.5, 0.6) is 0 Å². The number of methoxy groups -OCH3 is 1. The largest absolute Gasteiger partial charge is 0.384 e. The number of carbonyl (C=O) groups is 1. The molecule has 106 valence electrons. The number of ether oxygens (including phenoxy) is 1. The van der Waals surface area contributed by atoms with Gasteiger partial charge in [-0.2, -0.15) is 0 Å². The summed E-state index contributed by atoms with van der Waals surface area (Å²) in [6.45, 7) is 5.81. The van der Waals surface area contributed by atoms with Gasteiger partial charge in [0.05, 0.1) is 12.4 Å². The first-order valence-corrected chi connectivity index (χ1v) is 7.89. The van der Waals surface area contributed by atoms with E-state index in [2.05, 4.69) is 0 Å². The highest BCUT2D eigenvalue weighted by Gasteiger charge is 2.19. The van der Waals surface area contributed by atoms with Gasteiger partial charge in [-0.3, -0.25) is 4.79 Å². The van der Waals surface area contributed by atoms with Crippen molar-refractivity contribution in [3.8, 4) is 0 Å². The van der Waals surface area contributed by atoms with Gasteiger partial charge in [0.15, 0.2) is 15.6 Å². The number of Topliss-reactive ketones (excluding diaryl/α,β-unsaturated/α-hetero) is 1. The molecule has 0 heterocycles. The average Bonchev–Trinajstić information content (AvgIpc) is 2.30. The maximum atomic E-state index is 12.1. The van der Waals surface area contributed by atoms with Crippen LogP contribution in [-0.4, -0.2) is 39.4 Å². The molecule has 0 saturated heterocycles. The molecule has 0 atom stereocenters. The third-order valence-corrected chi connectivity index (χ3v) is 4.58. The third kappa shape index (κ3) is 4.44. The second kappa shape index (κ2) is 6.30. The fourth-order valence-corrected chi connectivity index (χ4v) is 2.94. The summed E-state index contributed by atoms with van der Waals surface area (Å²) in [7, 11) is -1.97. The van der Waals surface area contributed by atoms with Gasteiger partial charge < -0.3 is 4.74 Å². The molecule has 1 rings (SSSR count). The van der Waals surface area contributed by atoms with Gasteiger partial charge in [-0.05, 0) is 43.5 Å². The van der Waals surface area contributed by atoms with Crippen LogP contribution in [0.25, 0.3) is 0 Å². The SMILES string of the molecule is COCCS(=O)(=O)CC(=O)c1cc(C)c(C)cc1C. The van der Waals surface area contributed by atoms with E-state index in [0.29, 0.717) is 5.56 Å². The lowest BCUT2D eigenvalue weighted by atomic mass is 9.99. The van der Waals surface area contributed by atoms with E-state index in [1.54, 1.807) is 6.07 Å². The highest BCUT2D eigenvalue weighted by molar-refractivity contribution is 7.92. The minimum atomic E-state index is -3.41. The van der Waals surface area contributed by atoms with Gasteiger partial charge in [-0.15, -0.1) is 0 Å². The number of rotatable bonds is 6. The second-order valence-corrected chi connectivity index (χ2v) is 6.94. The van der Waals surface area contributed by atoms with Crippen LogP contribution in [0.15, 0.2) is 12.1 Å². The lowest BCUT2D eigenvalue weighted by Gasteiger charge is -2.09. The Morgan fingerprint density at radius 3 is 2.26 bits per heavy atom. The summed E-state index contributed by atoms with van der Waals surface area (Å²) in [6, 6.07) is 3.67. The summed E-state index contributed by atoms with van der Waals surface area (Å²) in [6.07, 6.45) is 0. The maximum Gasteiger partial charge on any atom is 0.178 e. The maximum absolute atomic E-state index is 12.1. The van der Waals surface area contributed by atoms with Gasteiger partial charge >= 0.3 is 0 Å². The van der Waals surface area contributed by atoms with Crippen LogP contribution in [0.1, 0.15) is 27.0 Å². The minimum absolute atomic E-state index is 0.113. The number of hydrogen-bond acceptors (Lipinski definition) is 4. The zero-order valence-corrected chi connectivity index (χ0v) is 12.6. The molecule has 4 nitrogen and oxygen atoms in total. The smallest absolute Gasteiger partial charge is 0.178 e. The molecular formula is C14H20O4S. The highest BCUT2D eigenvalue weighted by atomic mass is 32.2. The Bertz CT molecular complexity index is 573. The second-order valence-electron chi connectivity index (χ2n) is 4.76. The number of aryl methyl sites for hydroxylation is 3. The fraction of sp³-hybridized carbons (Fsp3) is 0.500. The van der Waals surface area contributed by atoms with Gasteiger partial charge in [-0.1, -0.05) is 6.07 Å².